The quantitative estimate of drug-likeness (QED) is 0.189. The first-order valence-corrected chi connectivity index (χ1v) is 11.4. The molecule has 0 saturated heterocycles. The Morgan fingerprint density at radius 3 is 2.12 bits per heavy atom. The van der Waals surface area contributed by atoms with Gasteiger partial charge in [0.2, 0.25) is 0 Å². The molecule has 0 amide bonds. The highest BCUT2D eigenvalue weighted by molar-refractivity contribution is 6.30. The van der Waals surface area contributed by atoms with Crippen LogP contribution in [0.15, 0.2) is 78.9 Å². The summed E-state index contributed by atoms with van der Waals surface area (Å²) in [5.41, 5.74) is 4.36. The van der Waals surface area contributed by atoms with Gasteiger partial charge in [0.05, 0.1) is 0 Å². The summed E-state index contributed by atoms with van der Waals surface area (Å²) in [4.78, 5) is 0. The van der Waals surface area contributed by atoms with E-state index in [0.717, 1.165) is 29.4 Å². The Labute approximate surface area is 197 Å². The molecule has 4 heteroatoms. The minimum atomic E-state index is -0.802. The van der Waals surface area contributed by atoms with Gasteiger partial charge in [-0.1, -0.05) is 72.3 Å². The first kappa shape index (κ1) is 23.1. The zero-order valence-electron chi connectivity index (χ0n) is 18.3. The van der Waals surface area contributed by atoms with Crippen LogP contribution >= 0.6 is 11.6 Å². The maximum atomic E-state index is 15.2. The second-order valence-electron chi connectivity index (χ2n) is 8.15. The Bertz CT molecular complexity index is 1280. The molecule has 0 aliphatic carbocycles. The third-order valence-corrected chi connectivity index (χ3v) is 6.24. The number of hydrogen-bond donors (Lipinski definition) is 0. The second kappa shape index (κ2) is 10.3. The van der Waals surface area contributed by atoms with Crippen molar-refractivity contribution in [3.8, 4) is 11.1 Å². The van der Waals surface area contributed by atoms with Gasteiger partial charge in [0.25, 0.3) is 0 Å². The molecule has 168 valence electrons. The van der Waals surface area contributed by atoms with Gasteiger partial charge < -0.3 is 0 Å². The van der Waals surface area contributed by atoms with Crippen molar-refractivity contribution >= 4 is 22.4 Å². The molecule has 0 heterocycles. The summed E-state index contributed by atoms with van der Waals surface area (Å²) in [5, 5.41) is 0.830. The number of aryl methyl sites for hydroxylation is 3. The molecule has 33 heavy (non-hydrogen) atoms. The van der Waals surface area contributed by atoms with Crippen molar-refractivity contribution in [1.82, 2.24) is 0 Å². The molecule has 4 aromatic rings. The molecule has 0 aromatic heterocycles. The number of rotatable bonds is 7. The minimum Gasteiger partial charge on any atom is -0.206 e. The molecule has 0 nitrogen and oxygen atoms in total. The van der Waals surface area contributed by atoms with E-state index in [2.05, 4.69) is 36.4 Å². The van der Waals surface area contributed by atoms with E-state index in [1.54, 1.807) is 12.1 Å². The molecule has 0 unspecified atom stereocenters. The molecular weight excluding hydrogens is 441 g/mol. The predicted octanol–water partition coefficient (Wildman–Crippen LogP) is 8.87. The van der Waals surface area contributed by atoms with Crippen LogP contribution in [0.4, 0.5) is 13.2 Å². The van der Waals surface area contributed by atoms with Gasteiger partial charge in [0.15, 0.2) is 0 Å². The largest absolute Gasteiger partial charge is 0.206 e. The van der Waals surface area contributed by atoms with E-state index in [1.807, 2.05) is 25.1 Å². The topological polar surface area (TPSA) is 0 Å². The Morgan fingerprint density at radius 1 is 0.727 bits per heavy atom. The fourth-order valence-corrected chi connectivity index (χ4v) is 4.13. The van der Waals surface area contributed by atoms with E-state index < -0.39 is 16.7 Å². The molecule has 0 aliphatic heterocycles. The maximum Gasteiger partial charge on any atom is 0.145 e. The van der Waals surface area contributed by atoms with E-state index in [4.69, 9.17) is 11.6 Å². The molecule has 0 spiro atoms. The number of halogens is 4. The third-order valence-electron chi connectivity index (χ3n) is 5.88. The Hall–Kier alpha value is -3.04. The third kappa shape index (κ3) is 5.31. The van der Waals surface area contributed by atoms with Crippen LogP contribution < -0.4 is 0 Å². The van der Waals surface area contributed by atoms with Crippen LogP contribution in [0, 0.1) is 17.5 Å². The molecule has 0 aliphatic rings. The lowest BCUT2D eigenvalue weighted by Gasteiger charge is -2.10. The van der Waals surface area contributed by atoms with Crippen molar-refractivity contribution in [2.45, 2.75) is 32.6 Å². The van der Waals surface area contributed by atoms with Crippen LogP contribution in [0.5, 0.6) is 0 Å². The summed E-state index contributed by atoms with van der Waals surface area (Å²) in [7, 11) is 0. The summed E-state index contributed by atoms with van der Waals surface area (Å²) in [6.45, 7) is 2.02. The number of benzene rings is 4. The highest BCUT2D eigenvalue weighted by Crippen LogP contribution is 2.29. The number of hydrogen-bond acceptors (Lipinski definition) is 0. The zero-order valence-corrected chi connectivity index (χ0v) is 19.1. The Morgan fingerprint density at radius 2 is 1.42 bits per heavy atom. The SMILES string of the molecule is C/C=C/CCc1ccc(-c2ccc3c(F)c(CCc4cc(F)c(Cl)c(F)c4)ccc3c2)cc1. The van der Waals surface area contributed by atoms with Crippen LogP contribution in [-0.2, 0) is 19.3 Å². The highest BCUT2D eigenvalue weighted by atomic mass is 35.5. The van der Waals surface area contributed by atoms with Crippen LogP contribution in [0.3, 0.4) is 0 Å². The van der Waals surface area contributed by atoms with Gasteiger partial charge in [0, 0.05) is 5.39 Å². The summed E-state index contributed by atoms with van der Waals surface area (Å²) >= 11 is 5.54. The highest BCUT2D eigenvalue weighted by Gasteiger charge is 2.12. The van der Waals surface area contributed by atoms with Crippen LogP contribution in [0.1, 0.15) is 30.0 Å². The molecule has 0 bridgehead atoms. The molecule has 0 N–H and O–H groups in total. The van der Waals surface area contributed by atoms with E-state index in [0.29, 0.717) is 29.4 Å². The van der Waals surface area contributed by atoms with Gasteiger partial charge in [-0.05, 0) is 84.0 Å². The van der Waals surface area contributed by atoms with E-state index >= 15 is 4.39 Å². The van der Waals surface area contributed by atoms with E-state index in [-0.39, 0.29) is 5.82 Å². The number of fused-ring (bicyclic) bond motifs is 1. The minimum absolute atomic E-state index is 0.298. The van der Waals surface area contributed by atoms with Crippen molar-refractivity contribution in [3.05, 3.63) is 118 Å². The fraction of sp³-hybridized carbons (Fsp3) is 0.172. The molecular formula is C29H24ClF3. The lowest BCUT2D eigenvalue weighted by Crippen LogP contribution is -1.98. The van der Waals surface area contributed by atoms with Gasteiger partial charge in [-0.2, -0.15) is 0 Å². The summed E-state index contributed by atoms with van der Waals surface area (Å²) in [6, 6.07) is 20.2. The van der Waals surface area contributed by atoms with E-state index in [1.165, 1.54) is 17.7 Å². The van der Waals surface area contributed by atoms with Gasteiger partial charge in [0.1, 0.15) is 22.5 Å². The second-order valence-corrected chi connectivity index (χ2v) is 8.53. The zero-order chi connectivity index (χ0) is 23.4. The average molecular weight is 465 g/mol. The van der Waals surface area contributed by atoms with Gasteiger partial charge in [-0.3, -0.25) is 0 Å². The molecule has 4 aromatic carbocycles. The van der Waals surface area contributed by atoms with Gasteiger partial charge in [-0.25, -0.2) is 13.2 Å². The Kier molecular flexibility index (Phi) is 7.20. The average Bonchev–Trinajstić information content (AvgIpc) is 2.82. The Balaban J connectivity index is 1.52. The van der Waals surface area contributed by atoms with Crippen molar-refractivity contribution in [1.29, 1.82) is 0 Å². The molecule has 0 fully saturated rings. The lowest BCUT2D eigenvalue weighted by molar-refractivity contribution is 0.579. The molecule has 0 atom stereocenters. The molecule has 0 saturated carbocycles. The maximum absolute atomic E-state index is 15.2. The van der Waals surface area contributed by atoms with Crippen molar-refractivity contribution in [2.24, 2.45) is 0 Å². The van der Waals surface area contributed by atoms with Crippen molar-refractivity contribution in [2.75, 3.05) is 0 Å². The van der Waals surface area contributed by atoms with Crippen LogP contribution in [0.2, 0.25) is 5.02 Å². The van der Waals surface area contributed by atoms with Crippen LogP contribution in [-0.4, -0.2) is 0 Å². The van der Waals surface area contributed by atoms with Crippen LogP contribution in [0.25, 0.3) is 21.9 Å². The summed E-state index contributed by atoms with van der Waals surface area (Å²) in [6.07, 6.45) is 6.89. The summed E-state index contributed by atoms with van der Waals surface area (Å²) < 4.78 is 42.5. The fourth-order valence-electron chi connectivity index (χ4n) is 4.02. The predicted molar refractivity (Wildman–Crippen MR) is 131 cm³/mol. The van der Waals surface area contributed by atoms with Crippen molar-refractivity contribution in [3.63, 3.8) is 0 Å². The monoisotopic (exact) mass is 464 g/mol. The first-order valence-electron chi connectivity index (χ1n) is 11.0. The van der Waals surface area contributed by atoms with E-state index in [9.17, 15) is 8.78 Å². The van der Waals surface area contributed by atoms with Crippen molar-refractivity contribution < 1.29 is 13.2 Å². The smallest absolute Gasteiger partial charge is 0.145 e. The molecule has 0 radical (unpaired) electrons. The lowest BCUT2D eigenvalue weighted by atomic mass is 9.96. The van der Waals surface area contributed by atoms with Gasteiger partial charge >= 0.3 is 0 Å². The molecule has 4 rings (SSSR count). The standard InChI is InChI=1S/C29H24ClF3/c1-2-3-4-5-19-6-9-21(10-7-19)23-14-15-25-24(18-23)13-12-22(29(25)33)11-8-20-16-26(31)28(30)27(32)17-20/h2-3,6-7,9-10,12-18H,4-5,8,11H2,1H3/b3-2+. The summed E-state index contributed by atoms with van der Waals surface area (Å²) in [5.74, 6) is -1.90. The van der Waals surface area contributed by atoms with Gasteiger partial charge in [-0.15, -0.1) is 0 Å². The number of allylic oxidation sites excluding steroid dienone is 2. The normalized spacial score (nSPS) is 11.5. The first-order chi connectivity index (χ1) is 16.0.